The number of hydrogen-bond acceptors (Lipinski definition) is 5. The number of esters is 1. The minimum Gasteiger partial charge on any atom is -0.465 e. The number of methoxy groups -OCH3 is 1. The van der Waals surface area contributed by atoms with E-state index in [0.29, 0.717) is 11.3 Å². The van der Waals surface area contributed by atoms with Crippen molar-refractivity contribution in [2.45, 2.75) is 0 Å². The van der Waals surface area contributed by atoms with Crippen LogP contribution in [0.5, 0.6) is 0 Å². The number of anilines is 2. The van der Waals surface area contributed by atoms with E-state index in [4.69, 9.17) is 23.2 Å². The molecule has 0 saturated heterocycles. The lowest BCUT2D eigenvalue weighted by atomic mass is 10.2. The summed E-state index contributed by atoms with van der Waals surface area (Å²) in [6.07, 6.45) is 0. The quantitative estimate of drug-likeness (QED) is 0.616. The average Bonchev–Trinajstić information content (AvgIpc) is 2.87. The highest BCUT2D eigenvalue weighted by molar-refractivity contribution is 6.53. The van der Waals surface area contributed by atoms with Gasteiger partial charge in [0, 0.05) is 5.69 Å². The van der Waals surface area contributed by atoms with Crippen molar-refractivity contribution >= 4 is 52.4 Å². The van der Waals surface area contributed by atoms with Crippen LogP contribution in [0.25, 0.3) is 0 Å². The number of carbonyl (C=O) groups is 3. The van der Waals surface area contributed by atoms with Crippen molar-refractivity contribution in [1.29, 1.82) is 0 Å². The number of halogens is 3. The topological polar surface area (TPSA) is 75.7 Å². The van der Waals surface area contributed by atoms with Crippen LogP contribution in [0.2, 0.25) is 5.02 Å². The van der Waals surface area contributed by atoms with Gasteiger partial charge in [-0.25, -0.2) is 14.1 Å². The van der Waals surface area contributed by atoms with E-state index in [1.54, 1.807) is 0 Å². The first-order chi connectivity index (χ1) is 12.8. The summed E-state index contributed by atoms with van der Waals surface area (Å²) in [5.41, 5.74) is 0.691. The monoisotopic (exact) mass is 408 g/mol. The van der Waals surface area contributed by atoms with E-state index in [2.05, 4.69) is 10.1 Å². The summed E-state index contributed by atoms with van der Waals surface area (Å²) in [4.78, 5) is 37.3. The van der Waals surface area contributed by atoms with E-state index in [9.17, 15) is 18.8 Å². The summed E-state index contributed by atoms with van der Waals surface area (Å²) in [5, 5.41) is 2.20. The van der Waals surface area contributed by atoms with Crippen LogP contribution in [0.4, 0.5) is 15.8 Å². The average molecular weight is 409 g/mol. The maximum atomic E-state index is 13.3. The molecule has 0 radical (unpaired) electrons. The molecule has 2 aromatic rings. The minimum atomic E-state index is -0.766. The summed E-state index contributed by atoms with van der Waals surface area (Å²) in [7, 11) is 1.26. The largest absolute Gasteiger partial charge is 0.465 e. The maximum Gasteiger partial charge on any atom is 0.337 e. The van der Waals surface area contributed by atoms with Gasteiger partial charge in [0.05, 0.1) is 23.4 Å². The van der Waals surface area contributed by atoms with Crippen molar-refractivity contribution in [2.24, 2.45) is 0 Å². The molecule has 9 heteroatoms. The molecule has 138 valence electrons. The summed E-state index contributed by atoms with van der Waals surface area (Å²) in [6.45, 7) is 0. The van der Waals surface area contributed by atoms with E-state index < -0.39 is 23.6 Å². The summed E-state index contributed by atoms with van der Waals surface area (Å²) >= 11 is 11.7. The molecule has 27 heavy (non-hydrogen) atoms. The van der Waals surface area contributed by atoms with Gasteiger partial charge in [-0.3, -0.25) is 9.59 Å². The number of hydrogen-bond donors (Lipinski definition) is 1. The highest BCUT2D eigenvalue weighted by Gasteiger charge is 2.39. The van der Waals surface area contributed by atoms with Crippen LogP contribution < -0.4 is 10.2 Å². The highest BCUT2D eigenvalue weighted by Crippen LogP contribution is 2.32. The van der Waals surface area contributed by atoms with Gasteiger partial charge in [0.25, 0.3) is 11.8 Å². The second-order valence-electron chi connectivity index (χ2n) is 5.43. The van der Waals surface area contributed by atoms with Crippen LogP contribution in [0, 0.1) is 5.82 Å². The Bertz CT molecular complexity index is 989. The molecule has 2 aromatic carbocycles. The van der Waals surface area contributed by atoms with Gasteiger partial charge in [-0.2, -0.15) is 0 Å². The Balaban J connectivity index is 1.86. The number of nitrogens with one attached hydrogen (secondary N) is 1. The Kier molecular flexibility index (Phi) is 5.16. The molecule has 1 heterocycles. The van der Waals surface area contributed by atoms with Gasteiger partial charge in [0.1, 0.15) is 16.5 Å². The minimum absolute atomic E-state index is 0.0902. The van der Waals surface area contributed by atoms with Gasteiger partial charge in [0.15, 0.2) is 0 Å². The molecular weight excluding hydrogens is 398 g/mol. The second-order valence-corrected chi connectivity index (χ2v) is 6.21. The highest BCUT2D eigenvalue weighted by atomic mass is 35.5. The zero-order valence-corrected chi connectivity index (χ0v) is 15.3. The first-order valence-electron chi connectivity index (χ1n) is 7.52. The smallest absolute Gasteiger partial charge is 0.337 e. The molecule has 0 atom stereocenters. The Morgan fingerprint density at radius 3 is 2.33 bits per heavy atom. The fourth-order valence-corrected chi connectivity index (χ4v) is 2.81. The van der Waals surface area contributed by atoms with Gasteiger partial charge in [-0.1, -0.05) is 23.2 Å². The molecule has 0 aromatic heterocycles. The van der Waals surface area contributed by atoms with Gasteiger partial charge in [0.2, 0.25) is 0 Å². The lowest BCUT2D eigenvalue weighted by Gasteiger charge is -2.15. The molecule has 0 saturated carbocycles. The molecule has 1 aliphatic heterocycles. The first kappa shape index (κ1) is 18.9. The summed E-state index contributed by atoms with van der Waals surface area (Å²) < 4.78 is 17.9. The molecule has 2 amide bonds. The van der Waals surface area contributed by atoms with E-state index in [-0.39, 0.29) is 21.4 Å². The number of amides is 2. The van der Waals surface area contributed by atoms with Gasteiger partial charge in [-0.15, -0.1) is 0 Å². The van der Waals surface area contributed by atoms with Crippen molar-refractivity contribution in [3.8, 4) is 0 Å². The summed E-state index contributed by atoms with van der Waals surface area (Å²) in [6, 6.07) is 9.48. The molecule has 0 bridgehead atoms. The molecule has 6 nitrogen and oxygen atoms in total. The predicted molar refractivity (Wildman–Crippen MR) is 98.2 cm³/mol. The van der Waals surface area contributed by atoms with Crippen LogP contribution in [0.15, 0.2) is 53.2 Å². The normalized spacial score (nSPS) is 14.0. The van der Waals surface area contributed by atoms with Crippen molar-refractivity contribution in [3.05, 3.63) is 69.6 Å². The summed E-state index contributed by atoms with van der Waals surface area (Å²) in [5.74, 6) is -2.67. The third kappa shape index (κ3) is 3.51. The van der Waals surface area contributed by atoms with Crippen LogP contribution in [0.1, 0.15) is 10.4 Å². The van der Waals surface area contributed by atoms with Gasteiger partial charge >= 0.3 is 5.97 Å². The van der Waals surface area contributed by atoms with Crippen LogP contribution in [-0.4, -0.2) is 24.9 Å². The fourth-order valence-electron chi connectivity index (χ4n) is 2.42. The SMILES string of the molecule is COC(=O)c1ccc(NC2=C(Cl)C(=O)N(c3ccc(F)c(Cl)c3)C2=O)cc1. The van der Waals surface area contributed by atoms with Crippen LogP contribution in [0.3, 0.4) is 0 Å². The standard InChI is InChI=1S/C18H11Cl2FN2O4/c1-27-18(26)9-2-4-10(5-3-9)22-15-14(20)16(24)23(17(15)25)11-6-7-13(21)12(19)8-11/h2-8,22H,1H3. The van der Waals surface area contributed by atoms with E-state index in [0.717, 1.165) is 17.0 Å². The number of imide groups is 1. The van der Waals surface area contributed by atoms with E-state index >= 15 is 0 Å². The number of ether oxygens (including phenoxy) is 1. The second kappa shape index (κ2) is 7.38. The molecule has 0 unspecified atom stereocenters. The van der Waals surface area contributed by atoms with Crippen LogP contribution >= 0.6 is 23.2 Å². The Labute approximate surface area is 163 Å². The Morgan fingerprint density at radius 1 is 1.07 bits per heavy atom. The van der Waals surface area contributed by atoms with E-state index in [1.165, 1.54) is 37.4 Å². The number of carbonyl (C=O) groups excluding carboxylic acids is 3. The van der Waals surface area contributed by atoms with Crippen molar-refractivity contribution in [3.63, 3.8) is 0 Å². The molecule has 3 rings (SSSR count). The maximum absolute atomic E-state index is 13.3. The van der Waals surface area contributed by atoms with Crippen LogP contribution in [-0.2, 0) is 14.3 Å². The van der Waals surface area contributed by atoms with Crippen molar-refractivity contribution in [1.82, 2.24) is 0 Å². The van der Waals surface area contributed by atoms with Gasteiger partial charge < -0.3 is 10.1 Å². The Hall–Kier alpha value is -2.90. The van der Waals surface area contributed by atoms with Crippen molar-refractivity contribution < 1.29 is 23.5 Å². The number of benzene rings is 2. The lowest BCUT2D eigenvalue weighted by Crippen LogP contribution is -2.32. The zero-order chi connectivity index (χ0) is 19.7. The zero-order valence-electron chi connectivity index (χ0n) is 13.8. The third-order valence-corrected chi connectivity index (χ3v) is 4.40. The number of nitrogens with zero attached hydrogens (tertiary/aromatic N) is 1. The van der Waals surface area contributed by atoms with E-state index in [1.807, 2.05) is 0 Å². The molecule has 0 spiro atoms. The third-order valence-electron chi connectivity index (χ3n) is 3.76. The molecule has 1 aliphatic rings. The molecule has 0 fully saturated rings. The van der Waals surface area contributed by atoms with Crippen molar-refractivity contribution in [2.75, 3.05) is 17.3 Å². The number of rotatable bonds is 4. The predicted octanol–water partition coefficient (Wildman–Crippen LogP) is 3.70. The fraction of sp³-hybridized carbons (Fsp3) is 0.0556. The molecular formula is C18H11Cl2FN2O4. The molecule has 0 aliphatic carbocycles. The Morgan fingerprint density at radius 2 is 1.74 bits per heavy atom. The molecule has 1 N–H and O–H groups in total. The van der Waals surface area contributed by atoms with Gasteiger partial charge in [-0.05, 0) is 42.5 Å². The first-order valence-corrected chi connectivity index (χ1v) is 8.28. The lowest BCUT2D eigenvalue weighted by molar-refractivity contribution is -0.120.